The van der Waals surface area contributed by atoms with Gasteiger partial charge in [-0.25, -0.2) is 17.5 Å². The summed E-state index contributed by atoms with van der Waals surface area (Å²) < 4.78 is 90.9. The van der Waals surface area contributed by atoms with Crippen LogP contribution in [0.2, 0.25) is 0 Å². The van der Waals surface area contributed by atoms with Crippen LogP contribution in [0.5, 0.6) is 11.8 Å². The van der Waals surface area contributed by atoms with E-state index in [0.29, 0.717) is 12.1 Å². The van der Waals surface area contributed by atoms with Crippen LogP contribution in [0, 0.1) is 5.82 Å². The van der Waals surface area contributed by atoms with E-state index < -0.39 is 38.4 Å². The quantitative estimate of drug-likeness (QED) is 0.629. The van der Waals surface area contributed by atoms with E-state index in [9.17, 15) is 26.0 Å². The van der Waals surface area contributed by atoms with Crippen molar-refractivity contribution in [1.82, 2.24) is 19.6 Å². The summed E-state index contributed by atoms with van der Waals surface area (Å²) in [7, 11) is -2.48. The number of methoxy groups -OCH3 is 2. The molecule has 0 aliphatic rings. The third-order valence-corrected chi connectivity index (χ3v) is 4.87. The highest BCUT2D eigenvalue weighted by Gasteiger charge is 2.39. The highest BCUT2D eigenvalue weighted by Crippen LogP contribution is 2.36. The molecule has 9 nitrogen and oxygen atoms in total. The molecule has 150 valence electrons. The molecule has 0 saturated heterocycles. The van der Waals surface area contributed by atoms with Crippen LogP contribution in [0.3, 0.4) is 0 Å². The van der Waals surface area contributed by atoms with Crippen molar-refractivity contribution in [3.63, 3.8) is 0 Å². The maximum absolute atomic E-state index is 14.0. The second kappa shape index (κ2) is 6.78. The number of hydrogen-bond donors (Lipinski definition) is 1. The lowest BCUT2D eigenvalue weighted by atomic mass is 10.2. The van der Waals surface area contributed by atoms with Crippen LogP contribution in [0.4, 0.5) is 23.5 Å². The van der Waals surface area contributed by atoms with E-state index in [1.165, 1.54) is 20.4 Å². The fraction of sp³-hybridized carbons (Fsp3) is 0.214. The average molecular weight is 421 g/mol. The number of anilines is 1. The van der Waals surface area contributed by atoms with Gasteiger partial charge in [0.1, 0.15) is 10.7 Å². The summed E-state index contributed by atoms with van der Waals surface area (Å²) in [5.41, 5.74) is -1.70. The number of alkyl halides is 3. The van der Waals surface area contributed by atoms with Crippen LogP contribution in [-0.4, -0.2) is 42.2 Å². The summed E-state index contributed by atoms with van der Waals surface area (Å²) in [6.07, 6.45) is -3.88. The van der Waals surface area contributed by atoms with Gasteiger partial charge >= 0.3 is 12.2 Å². The van der Waals surface area contributed by atoms with Crippen LogP contribution in [0.15, 0.2) is 29.3 Å². The number of hydrogen-bond acceptors (Lipinski definition) is 7. The Hall–Kier alpha value is -3.16. The van der Waals surface area contributed by atoms with Crippen LogP contribution in [0.1, 0.15) is 5.56 Å². The lowest BCUT2D eigenvalue weighted by Gasteiger charge is -2.13. The lowest BCUT2D eigenvalue weighted by molar-refractivity contribution is -0.140. The van der Waals surface area contributed by atoms with E-state index >= 15 is 0 Å². The van der Waals surface area contributed by atoms with Gasteiger partial charge in [0, 0.05) is 0 Å². The molecule has 0 aliphatic heterocycles. The van der Waals surface area contributed by atoms with Crippen molar-refractivity contribution in [3.05, 3.63) is 35.8 Å². The summed E-state index contributed by atoms with van der Waals surface area (Å²) in [6, 6.07) is 1.69. The SMILES string of the molecule is COc1cnc(OC)n2nc(NS(=O)(=O)c3c(F)cccc3C(F)(F)F)nc12. The second-order valence-corrected chi connectivity index (χ2v) is 6.82. The standard InChI is InChI=1S/C14H11F4N5O4S/c1-26-9-6-19-13(27-2)23-11(9)20-12(21-23)22-28(24,25)10-7(14(16,17)18)4-3-5-8(10)15/h3-6H,1-2H3,(H,21,22). The Labute approximate surface area is 155 Å². The third-order valence-electron chi connectivity index (χ3n) is 3.47. The van der Waals surface area contributed by atoms with Crippen LogP contribution in [-0.2, 0) is 16.2 Å². The molecule has 0 aliphatic carbocycles. The first-order valence-electron chi connectivity index (χ1n) is 7.30. The largest absolute Gasteiger partial charge is 0.491 e. The predicted molar refractivity (Wildman–Crippen MR) is 86.1 cm³/mol. The zero-order valence-corrected chi connectivity index (χ0v) is 15.0. The molecule has 0 saturated carbocycles. The van der Waals surface area contributed by atoms with Gasteiger partial charge in [0.2, 0.25) is 5.65 Å². The van der Waals surface area contributed by atoms with Crippen molar-refractivity contribution in [2.45, 2.75) is 11.1 Å². The van der Waals surface area contributed by atoms with Crippen molar-refractivity contribution >= 4 is 21.6 Å². The average Bonchev–Trinajstić information content (AvgIpc) is 3.02. The highest BCUT2D eigenvalue weighted by molar-refractivity contribution is 7.92. The number of nitrogens with zero attached hydrogens (tertiary/aromatic N) is 4. The molecule has 2 aromatic heterocycles. The number of aromatic nitrogens is 4. The zero-order chi connectivity index (χ0) is 20.7. The van der Waals surface area contributed by atoms with Gasteiger partial charge in [0.05, 0.1) is 26.0 Å². The monoisotopic (exact) mass is 421 g/mol. The second-order valence-electron chi connectivity index (χ2n) is 5.20. The number of nitrogens with one attached hydrogen (secondary N) is 1. The molecule has 0 unspecified atom stereocenters. The molecule has 1 aromatic carbocycles. The predicted octanol–water partition coefficient (Wildman–Crippen LogP) is 2.10. The van der Waals surface area contributed by atoms with E-state index in [0.717, 1.165) is 10.6 Å². The minimum atomic E-state index is -5.10. The molecule has 0 fully saturated rings. The number of halogens is 4. The van der Waals surface area contributed by atoms with Crippen molar-refractivity contribution in [2.24, 2.45) is 0 Å². The van der Waals surface area contributed by atoms with Gasteiger partial charge in [-0.1, -0.05) is 6.07 Å². The minimum Gasteiger partial charge on any atom is -0.491 e. The third kappa shape index (κ3) is 3.37. The van der Waals surface area contributed by atoms with E-state index in [1.807, 2.05) is 0 Å². The van der Waals surface area contributed by atoms with E-state index in [-0.39, 0.29) is 17.4 Å². The molecule has 0 spiro atoms. The Morgan fingerprint density at radius 1 is 1.18 bits per heavy atom. The number of fused-ring (bicyclic) bond motifs is 1. The number of rotatable bonds is 5. The smallest absolute Gasteiger partial charge is 0.417 e. The van der Waals surface area contributed by atoms with Crippen molar-refractivity contribution in [2.75, 3.05) is 18.9 Å². The maximum atomic E-state index is 14.0. The van der Waals surface area contributed by atoms with Crippen molar-refractivity contribution < 1.29 is 35.5 Å². The summed E-state index contributed by atoms with van der Waals surface area (Å²) in [6.45, 7) is 0. The number of sulfonamides is 1. The molecule has 0 bridgehead atoms. The number of ether oxygens (including phenoxy) is 2. The molecule has 0 amide bonds. The van der Waals surface area contributed by atoms with Gasteiger partial charge in [0.25, 0.3) is 16.0 Å². The van der Waals surface area contributed by atoms with Gasteiger partial charge in [-0.05, 0) is 12.1 Å². The molecule has 0 atom stereocenters. The Morgan fingerprint density at radius 2 is 1.89 bits per heavy atom. The first kappa shape index (κ1) is 19.6. The molecule has 3 aromatic rings. The Morgan fingerprint density at radius 3 is 2.50 bits per heavy atom. The van der Waals surface area contributed by atoms with Crippen LogP contribution >= 0.6 is 0 Å². The topological polar surface area (TPSA) is 108 Å². The number of benzene rings is 1. The highest BCUT2D eigenvalue weighted by atomic mass is 32.2. The molecule has 2 heterocycles. The summed E-state index contributed by atoms with van der Waals surface area (Å²) in [5.74, 6) is -2.13. The Kier molecular flexibility index (Phi) is 4.74. The first-order chi connectivity index (χ1) is 13.1. The van der Waals surface area contributed by atoms with Gasteiger partial charge < -0.3 is 9.47 Å². The molecule has 28 heavy (non-hydrogen) atoms. The fourth-order valence-corrected chi connectivity index (χ4v) is 3.56. The van der Waals surface area contributed by atoms with Crippen LogP contribution in [0.25, 0.3) is 5.65 Å². The summed E-state index contributed by atoms with van der Waals surface area (Å²) >= 11 is 0. The molecular formula is C14H11F4N5O4S. The molecule has 14 heteroatoms. The lowest BCUT2D eigenvalue weighted by Crippen LogP contribution is -2.21. The van der Waals surface area contributed by atoms with E-state index in [2.05, 4.69) is 15.1 Å². The Balaban J connectivity index is 2.12. The van der Waals surface area contributed by atoms with Gasteiger partial charge in [0.15, 0.2) is 5.75 Å². The van der Waals surface area contributed by atoms with Crippen molar-refractivity contribution in [3.8, 4) is 11.8 Å². The summed E-state index contributed by atoms with van der Waals surface area (Å²) in [4.78, 5) is 6.12. The van der Waals surface area contributed by atoms with Crippen LogP contribution < -0.4 is 14.2 Å². The fourth-order valence-electron chi connectivity index (χ4n) is 2.33. The van der Waals surface area contributed by atoms with Crippen molar-refractivity contribution in [1.29, 1.82) is 0 Å². The van der Waals surface area contributed by atoms with Gasteiger partial charge in [-0.3, -0.25) is 0 Å². The zero-order valence-electron chi connectivity index (χ0n) is 14.2. The molecular weight excluding hydrogens is 410 g/mol. The van der Waals surface area contributed by atoms with Gasteiger partial charge in [-0.15, -0.1) is 5.10 Å². The Bertz CT molecular complexity index is 1110. The minimum absolute atomic E-state index is 0.0309. The maximum Gasteiger partial charge on any atom is 0.417 e. The molecule has 3 rings (SSSR count). The normalized spacial score (nSPS) is 12.2. The first-order valence-corrected chi connectivity index (χ1v) is 8.79. The summed E-state index contributed by atoms with van der Waals surface area (Å²) in [5, 5.41) is 3.77. The van der Waals surface area contributed by atoms with Gasteiger partial charge in [-0.2, -0.15) is 27.7 Å². The molecule has 0 radical (unpaired) electrons. The molecule has 1 N–H and O–H groups in total. The van der Waals surface area contributed by atoms with E-state index in [4.69, 9.17) is 9.47 Å². The van der Waals surface area contributed by atoms with E-state index in [1.54, 1.807) is 4.72 Å².